The molecular weight excluding hydrogens is 398 g/mol. The van der Waals surface area contributed by atoms with Crippen molar-refractivity contribution in [3.63, 3.8) is 0 Å². The Morgan fingerprint density at radius 1 is 1.26 bits per heavy atom. The molecule has 172 valence electrons. The number of likely N-dealkylation sites (tertiary alicyclic amines) is 1. The predicted molar refractivity (Wildman–Crippen MR) is 120 cm³/mol. The van der Waals surface area contributed by atoms with Gasteiger partial charge in [-0.05, 0) is 45.4 Å². The minimum Gasteiger partial charge on any atom is -0.484 e. The molecule has 0 aromatic heterocycles. The van der Waals surface area contributed by atoms with Crippen molar-refractivity contribution in [3.05, 3.63) is 29.8 Å². The number of amides is 2. The molecular formula is C22H35N5O4. The summed E-state index contributed by atoms with van der Waals surface area (Å²) in [6, 6.07) is 7.66. The van der Waals surface area contributed by atoms with E-state index in [2.05, 4.69) is 15.6 Å². The fourth-order valence-electron chi connectivity index (χ4n) is 2.74. The van der Waals surface area contributed by atoms with Crippen LogP contribution in [0.5, 0.6) is 5.75 Å². The zero-order valence-corrected chi connectivity index (χ0v) is 19.4. The van der Waals surface area contributed by atoms with Gasteiger partial charge in [-0.3, -0.25) is 4.79 Å². The number of nitrogens with zero attached hydrogens (tertiary/aromatic N) is 3. The highest BCUT2D eigenvalue weighted by Gasteiger charge is 2.34. The van der Waals surface area contributed by atoms with Gasteiger partial charge in [0.25, 0.3) is 5.91 Å². The molecule has 1 heterocycles. The fraction of sp³-hybridized carbons (Fsp3) is 0.591. The average Bonchev–Trinajstić information content (AvgIpc) is 2.65. The van der Waals surface area contributed by atoms with Crippen LogP contribution >= 0.6 is 0 Å². The molecule has 2 N–H and O–H groups in total. The van der Waals surface area contributed by atoms with Gasteiger partial charge in [0, 0.05) is 33.7 Å². The van der Waals surface area contributed by atoms with Gasteiger partial charge in [-0.1, -0.05) is 12.1 Å². The molecule has 9 heteroatoms. The van der Waals surface area contributed by atoms with Gasteiger partial charge in [0.1, 0.15) is 11.4 Å². The van der Waals surface area contributed by atoms with Crippen LogP contribution in [0.25, 0.3) is 0 Å². The predicted octanol–water partition coefficient (Wildman–Crippen LogP) is 1.83. The van der Waals surface area contributed by atoms with E-state index in [1.54, 1.807) is 19.0 Å². The van der Waals surface area contributed by atoms with Gasteiger partial charge < -0.3 is 29.9 Å². The normalized spacial score (nSPS) is 14.5. The van der Waals surface area contributed by atoms with E-state index in [-0.39, 0.29) is 24.6 Å². The monoisotopic (exact) mass is 433 g/mol. The minimum absolute atomic E-state index is 0.000253. The Kier molecular flexibility index (Phi) is 8.53. The fourth-order valence-corrected chi connectivity index (χ4v) is 2.74. The summed E-state index contributed by atoms with van der Waals surface area (Å²) >= 11 is 0. The van der Waals surface area contributed by atoms with Crippen LogP contribution in [0, 0.1) is 0 Å². The molecule has 0 radical (unpaired) electrons. The maximum Gasteiger partial charge on any atom is 0.410 e. The molecule has 0 aliphatic carbocycles. The van der Waals surface area contributed by atoms with Crippen molar-refractivity contribution in [1.82, 2.24) is 20.4 Å². The van der Waals surface area contributed by atoms with Crippen molar-refractivity contribution in [2.45, 2.75) is 45.9 Å². The standard InChI is InChI=1S/C22H35N5O4/c1-7-23-20(25-17-13-27(14-17)21(29)31-22(2,3)4)24-12-16-9-8-10-18(11-16)30-15-19(28)26(5)6/h8-11,17H,7,12-15H2,1-6H3,(H2,23,24,25). The van der Waals surface area contributed by atoms with E-state index in [0.29, 0.717) is 31.3 Å². The second-order valence-electron chi connectivity index (χ2n) is 8.65. The van der Waals surface area contributed by atoms with Crippen LogP contribution in [0.1, 0.15) is 33.3 Å². The highest BCUT2D eigenvalue weighted by atomic mass is 16.6. The molecule has 1 aliphatic rings. The number of ether oxygens (including phenoxy) is 2. The molecule has 1 aromatic carbocycles. The molecule has 2 amide bonds. The molecule has 9 nitrogen and oxygen atoms in total. The van der Waals surface area contributed by atoms with Gasteiger partial charge in [0.05, 0.1) is 12.6 Å². The number of hydrogen-bond donors (Lipinski definition) is 2. The van der Waals surface area contributed by atoms with Gasteiger partial charge in [0.2, 0.25) is 0 Å². The number of rotatable bonds is 7. The van der Waals surface area contributed by atoms with Crippen LogP contribution in [0.3, 0.4) is 0 Å². The Morgan fingerprint density at radius 2 is 1.97 bits per heavy atom. The van der Waals surface area contributed by atoms with E-state index in [4.69, 9.17) is 9.47 Å². The highest BCUT2D eigenvalue weighted by molar-refractivity contribution is 5.80. The number of guanidine groups is 1. The largest absolute Gasteiger partial charge is 0.484 e. The Balaban J connectivity index is 1.87. The molecule has 0 bridgehead atoms. The molecule has 0 atom stereocenters. The van der Waals surface area contributed by atoms with E-state index in [0.717, 1.165) is 12.1 Å². The first kappa shape index (κ1) is 24.3. The van der Waals surface area contributed by atoms with Crippen LogP contribution in [-0.4, -0.2) is 79.7 Å². The smallest absolute Gasteiger partial charge is 0.410 e. The summed E-state index contributed by atoms with van der Waals surface area (Å²) in [5.41, 5.74) is 0.472. The number of likely N-dealkylation sites (N-methyl/N-ethyl adjacent to an activating group) is 1. The summed E-state index contributed by atoms with van der Waals surface area (Å²) in [5.74, 6) is 1.22. The van der Waals surface area contributed by atoms with Crippen molar-refractivity contribution < 1.29 is 19.1 Å². The topological polar surface area (TPSA) is 95.5 Å². The van der Waals surface area contributed by atoms with E-state index < -0.39 is 5.60 Å². The first-order chi connectivity index (χ1) is 14.6. The van der Waals surface area contributed by atoms with Gasteiger partial charge >= 0.3 is 6.09 Å². The van der Waals surface area contributed by atoms with Crippen LogP contribution in [0.15, 0.2) is 29.3 Å². The van der Waals surface area contributed by atoms with Gasteiger partial charge in [-0.25, -0.2) is 9.79 Å². The third-order valence-electron chi connectivity index (χ3n) is 4.40. The van der Waals surface area contributed by atoms with Crippen molar-refractivity contribution >= 4 is 18.0 Å². The molecule has 1 aliphatic heterocycles. The van der Waals surface area contributed by atoms with E-state index in [9.17, 15) is 9.59 Å². The van der Waals surface area contributed by atoms with Crippen molar-refractivity contribution in [3.8, 4) is 5.75 Å². The third kappa shape index (κ3) is 8.35. The second kappa shape index (κ2) is 10.9. The SMILES string of the molecule is CCNC(=NCc1cccc(OCC(=O)N(C)C)c1)NC1CN(C(=O)OC(C)(C)C)C1. The lowest BCUT2D eigenvalue weighted by atomic mass is 10.1. The lowest BCUT2D eigenvalue weighted by molar-refractivity contribution is -0.130. The summed E-state index contributed by atoms with van der Waals surface area (Å²) in [6.07, 6.45) is -0.294. The molecule has 2 rings (SSSR count). The van der Waals surface area contributed by atoms with Crippen LogP contribution in [-0.2, 0) is 16.1 Å². The number of benzene rings is 1. The van der Waals surface area contributed by atoms with Gasteiger partial charge in [-0.15, -0.1) is 0 Å². The Labute approximate surface area is 184 Å². The number of carbonyl (C=O) groups excluding carboxylic acids is 2. The maximum absolute atomic E-state index is 12.1. The molecule has 1 fully saturated rings. The van der Waals surface area contributed by atoms with Gasteiger partial charge in [-0.2, -0.15) is 0 Å². The Hall–Kier alpha value is -2.97. The summed E-state index contributed by atoms with van der Waals surface area (Å²) in [7, 11) is 3.39. The van der Waals surface area contributed by atoms with Crippen LogP contribution in [0.4, 0.5) is 4.79 Å². The molecule has 1 saturated heterocycles. The highest BCUT2D eigenvalue weighted by Crippen LogP contribution is 2.16. The third-order valence-corrected chi connectivity index (χ3v) is 4.40. The molecule has 31 heavy (non-hydrogen) atoms. The number of carbonyl (C=O) groups is 2. The number of aliphatic imine (C=N–C) groups is 1. The minimum atomic E-state index is -0.496. The number of hydrogen-bond acceptors (Lipinski definition) is 5. The van der Waals surface area contributed by atoms with Crippen molar-refractivity contribution in [1.29, 1.82) is 0 Å². The summed E-state index contributed by atoms with van der Waals surface area (Å²) in [6.45, 7) is 9.90. The molecule has 1 aromatic rings. The Morgan fingerprint density at radius 3 is 2.58 bits per heavy atom. The first-order valence-corrected chi connectivity index (χ1v) is 10.5. The quantitative estimate of drug-likeness (QED) is 0.503. The Bertz CT molecular complexity index is 782. The lowest BCUT2D eigenvalue weighted by Gasteiger charge is -2.40. The van der Waals surface area contributed by atoms with Crippen LogP contribution in [0.2, 0.25) is 0 Å². The van der Waals surface area contributed by atoms with E-state index in [1.165, 1.54) is 4.90 Å². The van der Waals surface area contributed by atoms with Gasteiger partial charge in [0.15, 0.2) is 12.6 Å². The second-order valence-corrected chi connectivity index (χ2v) is 8.65. The zero-order valence-electron chi connectivity index (χ0n) is 19.4. The molecule has 0 unspecified atom stereocenters. The molecule has 0 saturated carbocycles. The zero-order chi connectivity index (χ0) is 23.0. The lowest BCUT2D eigenvalue weighted by Crippen LogP contribution is -2.63. The van der Waals surface area contributed by atoms with E-state index in [1.807, 2.05) is 52.0 Å². The number of nitrogens with one attached hydrogen (secondary N) is 2. The van der Waals surface area contributed by atoms with Crippen LogP contribution < -0.4 is 15.4 Å². The average molecular weight is 434 g/mol. The van der Waals surface area contributed by atoms with Crippen molar-refractivity contribution in [2.75, 3.05) is 40.3 Å². The first-order valence-electron chi connectivity index (χ1n) is 10.5. The molecule has 0 spiro atoms. The summed E-state index contributed by atoms with van der Waals surface area (Å²) in [4.78, 5) is 31.5. The summed E-state index contributed by atoms with van der Waals surface area (Å²) in [5, 5.41) is 6.57. The summed E-state index contributed by atoms with van der Waals surface area (Å²) < 4.78 is 10.9. The van der Waals surface area contributed by atoms with E-state index >= 15 is 0 Å². The maximum atomic E-state index is 12.1. The van der Waals surface area contributed by atoms with Crippen molar-refractivity contribution in [2.24, 2.45) is 4.99 Å².